The number of anilines is 2. The minimum atomic E-state index is -5.10. The summed E-state index contributed by atoms with van der Waals surface area (Å²) < 4.78 is 134. The lowest BCUT2D eigenvalue weighted by atomic mass is 10.0. The van der Waals surface area contributed by atoms with E-state index in [-0.39, 0.29) is 22.1 Å². The van der Waals surface area contributed by atoms with Crippen molar-refractivity contribution in [3.05, 3.63) is 83.9 Å². The van der Waals surface area contributed by atoms with Gasteiger partial charge in [-0.05, 0) is 84.6 Å². The van der Waals surface area contributed by atoms with Gasteiger partial charge in [-0.25, -0.2) is 0 Å². The Morgan fingerprint density at radius 3 is 1.02 bits per heavy atom. The number of azo groups is 2. The molecule has 0 spiro atoms. The number of aryl methyl sites for hydroxylation is 2. The lowest BCUT2D eigenvalue weighted by molar-refractivity contribution is 0.476. The normalized spacial score (nSPS) is 13.0. The summed E-state index contributed by atoms with van der Waals surface area (Å²) in [5.74, 6) is -1.57. The van der Waals surface area contributed by atoms with Crippen molar-refractivity contribution >= 4 is 96.1 Å². The van der Waals surface area contributed by atoms with Crippen LogP contribution in [0, 0.1) is 13.8 Å². The molecule has 0 heterocycles. The van der Waals surface area contributed by atoms with E-state index >= 15 is 0 Å². The molecule has 0 bridgehead atoms. The zero-order chi connectivity index (χ0) is 42.9. The van der Waals surface area contributed by atoms with Gasteiger partial charge in [0.15, 0.2) is 11.5 Å². The fourth-order valence-electron chi connectivity index (χ4n) is 6.04. The second-order valence-electron chi connectivity index (χ2n) is 12.6. The Morgan fingerprint density at radius 1 is 0.431 bits per heavy atom. The molecule has 0 aliphatic rings. The third-order valence-corrected chi connectivity index (χ3v) is 12.4. The summed E-state index contributed by atoms with van der Waals surface area (Å²) in [6.07, 6.45) is 0. The number of nitrogens with two attached hydrogens (primary N) is 2. The molecule has 0 aliphatic heterocycles. The summed E-state index contributed by atoms with van der Waals surface area (Å²) >= 11 is 0. The molecule has 0 amide bonds. The Labute approximate surface area is 328 Å². The van der Waals surface area contributed by atoms with E-state index in [0.717, 1.165) is 24.3 Å². The number of nitrogen functional groups attached to an aromatic ring is 2. The first-order valence-electron chi connectivity index (χ1n) is 15.9. The molecule has 6 aromatic carbocycles. The lowest BCUT2D eigenvalue weighted by Crippen LogP contribution is -2.08. The fraction of sp³-hybridized carbons (Fsp3) is 0.0588. The fourth-order valence-corrected chi connectivity index (χ4v) is 8.91. The zero-order valence-electron chi connectivity index (χ0n) is 29.5. The van der Waals surface area contributed by atoms with Gasteiger partial charge in [0.25, 0.3) is 40.5 Å². The first-order chi connectivity index (χ1) is 26.8. The molecule has 10 N–H and O–H groups in total. The number of rotatable bonds is 9. The number of phenolic OH excluding ortho intramolecular Hbond substituents is 2. The Morgan fingerprint density at radius 2 is 0.724 bits per heavy atom. The van der Waals surface area contributed by atoms with Crippen molar-refractivity contribution in [2.24, 2.45) is 20.5 Å². The monoisotopic (exact) mass is 872 g/mol. The first kappa shape index (κ1) is 41.5. The van der Waals surface area contributed by atoms with Crippen molar-refractivity contribution in [3.8, 4) is 22.6 Å². The number of benzene rings is 6. The molecule has 0 atom stereocenters. The topological polar surface area (TPSA) is 359 Å². The number of hydrogen-bond acceptors (Lipinski definition) is 16. The van der Waals surface area contributed by atoms with E-state index in [0.29, 0.717) is 45.8 Å². The van der Waals surface area contributed by atoms with Gasteiger partial charge in [0.2, 0.25) is 0 Å². The highest BCUT2D eigenvalue weighted by Crippen LogP contribution is 2.45. The van der Waals surface area contributed by atoms with Crippen LogP contribution in [0.3, 0.4) is 0 Å². The smallest absolute Gasteiger partial charge is 0.296 e. The predicted molar refractivity (Wildman–Crippen MR) is 209 cm³/mol. The van der Waals surface area contributed by atoms with Crippen LogP contribution in [0.25, 0.3) is 32.7 Å². The summed E-state index contributed by atoms with van der Waals surface area (Å²) in [6.45, 7) is 3.42. The van der Waals surface area contributed by atoms with Crippen LogP contribution < -0.4 is 11.5 Å². The second kappa shape index (κ2) is 14.4. The standard InChI is InChI=1S/C34H28N6O14S4/c1-15-11-17(3-7-21(15)37-39-23-9-5-19-25(55(43,44)45)13-27(57(49,50)51)31(35)29(19)33(23)41)18-4-8-22(16(2)12-18)38-40-24-10-6-20-26(56(46,47)48)14-28(58(52,53)54)32(36)30(20)34(24)42/h3-14,41-42H,35-36H2,1-2H3,(H,43,44,45)(H,46,47,48)(H,49,50,51)(H,52,53,54). The second-order valence-corrected chi connectivity index (χ2v) is 18.1. The highest BCUT2D eigenvalue weighted by Gasteiger charge is 2.28. The summed E-state index contributed by atoms with van der Waals surface area (Å²) in [5, 5.41) is 36.5. The van der Waals surface area contributed by atoms with Crippen molar-refractivity contribution in [2.45, 2.75) is 33.4 Å². The van der Waals surface area contributed by atoms with Gasteiger partial charge < -0.3 is 21.7 Å². The number of phenols is 2. The van der Waals surface area contributed by atoms with E-state index in [2.05, 4.69) is 20.5 Å². The van der Waals surface area contributed by atoms with Crippen LogP contribution in [0.2, 0.25) is 0 Å². The van der Waals surface area contributed by atoms with Crippen LogP contribution in [0.5, 0.6) is 11.5 Å². The van der Waals surface area contributed by atoms with Crippen molar-refractivity contribution in [1.29, 1.82) is 0 Å². The van der Waals surface area contributed by atoms with E-state index in [1.807, 2.05) is 0 Å². The molecule has 302 valence electrons. The molecule has 58 heavy (non-hydrogen) atoms. The van der Waals surface area contributed by atoms with E-state index < -0.39 is 93.7 Å². The van der Waals surface area contributed by atoms with Gasteiger partial charge in [-0.1, -0.05) is 24.3 Å². The molecule has 6 aromatic rings. The highest BCUT2D eigenvalue weighted by molar-refractivity contribution is 7.87. The van der Waals surface area contributed by atoms with E-state index in [1.54, 1.807) is 50.2 Å². The molecule has 0 aromatic heterocycles. The van der Waals surface area contributed by atoms with Crippen molar-refractivity contribution in [3.63, 3.8) is 0 Å². The average Bonchev–Trinajstić information content (AvgIpc) is 3.09. The maximum Gasteiger partial charge on any atom is 0.296 e. The minimum Gasteiger partial charge on any atom is -0.505 e. The quantitative estimate of drug-likeness (QED) is 0.0427. The van der Waals surface area contributed by atoms with Crippen LogP contribution >= 0.6 is 0 Å². The van der Waals surface area contributed by atoms with Crippen LogP contribution in [0.15, 0.2) is 113 Å². The number of aromatic hydroxyl groups is 2. The molecule has 20 nitrogen and oxygen atoms in total. The van der Waals surface area contributed by atoms with Crippen molar-refractivity contribution < 1.29 is 62.1 Å². The Balaban J connectivity index is 1.30. The number of nitrogens with zero attached hydrogens (tertiary/aromatic N) is 4. The number of hydrogen-bond donors (Lipinski definition) is 8. The third kappa shape index (κ3) is 7.77. The van der Waals surface area contributed by atoms with Crippen LogP contribution in [-0.4, -0.2) is 62.1 Å². The maximum absolute atomic E-state index is 12.0. The van der Waals surface area contributed by atoms with E-state index in [1.165, 1.54) is 0 Å². The molecule has 0 saturated heterocycles. The lowest BCUT2D eigenvalue weighted by Gasteiger charge is -2.13. The predicted octanol–water partition coefficient (Wildman–Crippen LogP) is 6.67. The highest BCUT2D eigenvalue weighted by atomic mass is 32.2. The number of fused-ring (bicyclic) bond motifs is 2. The van der Waals surface area contributed by atoms with Gasteiger partial charge >= 0.3 is 0 Å². The summed E-state index contributed by atoms with van der Waals surface area (Å²) in [4.78, 5) is -4.01. The molecule has 0 saturated carbocycles. The van der Waals surface area contributed by atoms with Crippen LogP contribution in [-0.2, 0) is 40.5 Å². The first-order valence-corrected chi connectivity index (χ1v) is 21.7. The van der Waals surface area contributed by atoms with Gasteiger partial charge in [0, 0.05) is 10.8 Å². The molecule has 0 fully saturated rings. The van der Waals surface area contributed by atoms with Crippen molar-refractivity contribution in [1.82, 2.24) is 0 Å². The minimum absolute atomic E-state index is 0.261. The summed E-state index contributed by atoms with van der Waals surface area (Å²) in [6, 6.07) is 15.6. The molecular formula is C34H28N6O14S4. The molecule has 0 unspecified atom stereocenters. The van der Waals surface area contributed by atoms with E-state index in [9.17, 15) is 62.1 Å². The molecule has 0 radical (unpaired) electrons. The zero-order valence-corrected chi connectivity index (χ0v) is 32.7. The third-order valence-electron chi connectivity index (χ3n) is 8.81. The van der Waals surface area contributed by atoms with Crippen LogP contribution in [0.1, 0.15) is 11.1 Å². The van der Waals surface area contributed by atoms with Gasteiger partial charge in [0.05, 0.1) is 33.5 Å². The van der Waals surface area contributed by atoms with Gasteiger partial charge in [0.1, 0.15) is 31.0 Å². The summed E-state index contributed by atoms with van der Waals surface area (Å²) in [7, 11) is -20.3. The SMILES string of the molecule is Cc1cc(-c2ccc(N=Nc3ccc4c(S(=O)(=O)O)cc(S(=O)(=O)O)c(N)c4c3O)c(C)c2)ccc1N=Nc1ccc2c(S(=O)(=O)O)cc(S(=O)(=O)O)c(N)c2c1O. The van der Waals surface area contributed by atoms with Gasteiger partial charge in [-0.15, -0.1) is 10.2 Å². The largest absolute Gasteiger partial charge is 0.505 e. The molecular weight excluding hydrogens is 845 g/mol. The van der Waals surface area contributed by atoms with Gasteiger partial charge in [-0.2, -0.15) is 43.9 Å². The van der Waals surface area contributed by atoms with Gasteiger partial charge in [-0.3, -0.25) is 18.2 Å². The molecule has 6 rings (SSSR count). The average molecular weight is 873 g/mol. The molecule has 24 heteroatoms. The van der Waals surface area contributed by atoms with E-state index in [4.69, 9.17) is 11.5 Å². The Kier molecular flexibility index (Phi) is 10.3. The summed E-state index contributed by atoms with van der Waals surface area (Å²) in [5.41, 5.74) is 13.2. The molecule has 0 aliphatic carbocycles. The van der Waals surface area contributed by atoms with Crippen LogP contribution in [0.4, 0.5) is 34.1 Å². The van der Waals surface area contributed by atoms with Crippen molar-refractivity contribution in [2.75, 3.05) is 11.5 Å². The Hall–Kier alpha value is -6.12. The Bertz CT molecular complexity index is 3080. The maximum atomic E-state index is 12.0.